The van der Waals surface area contributed by atoms with Gasteiger partial charge in [-0.1, -0.05) is 35.0 Å². The lowest BCUT2D eigenvalue weighted by Crippen LogP contribution is -2.30. The van der Waals surface area contributed by atoms with Gasteiger partial charge in [0.1, 0.15) is 0 Å². The minimum atomic E-state index is -0.474. The van der Waals surface area contributed by atoms with E-state index in [9.17, 15) is 9.90 Å². The van der Waals surface area contributed by atoms with Crippen molar-refractivity contribution in [2.45, 2.75) is 19.4 Å². The number of halogens is 1. The van der Waals surface area contributed by atoms with Crippen LogP contribution in [0.1, 0.15) is 18.9 Å². The van der Waals surface area contributed by atoms with E-state index in [2.05, 4.69) is 21.2 Å². The largest absolute Gasteiger partial charge is 0.391 e. The molecule has 2 N–H and O–H groups in total. The molecule has 0 bridgehead atoms. The molecule has 17 heavy (non-hydrogen) atoms. The zero-order valence-electron chi connectivity index (χ0n) is 9.69. The molecule has 1 aromatic carbocycles. The van der Waals surface area contributed by atoms with Gasteiger partial charge in [-0.25, -0.2) is 0 Å². The summed E-state index contributed by atoms with van der Waals surface area (Å²) in [7, 11) is 0. The number of hydrogen-bond donors (Lipinski definition) is 2. The average Bonchev–Trinajstić information content (AvgIpc) is 2.33. The summed E-state index contributed by atoms with van der Waals surface area (Å²) in [5.74, 6) is -0.197. The maximum atomic E-state index is 11.4. The third kappa shape index (κ3) is 5.65. The van der Waals surface area contributed by atoms with E-state index in [1.165, 1.54) is 6.08 Å². The van der Waals surface area contributed by atoms with Gasteiger partial charge >= 0.3 is 0 Å². The molecule has 0 heterocycles. The van der Waals surface area contributed by atoms with E-state index < -0.39 is 6.10 Å². The molecule has 1 aromatic rings. The second-order valence-electron chi connectivity index (χ2n) is 3.70. The normalized spacial score (nSPS) is 12.6. The Kier molecular flexibility index (Phi) is 5.94. The maximum Gasteiger partial charge on any atom is 0.244 e. The van der Waals surface area contributed by atoms with Crippen LogP contribution in [0.4, 0.5) is 0 Å². The van der Waals surface area contributed by atoms with Gasteiger partial charge in [0.25, 0.3) is 0 Å². The van der Waals surface area contributed by atoms with Gasteiger partial charge in [0.15, 0.2) is 0 Å². The van der Waals surface area contributed by atoms with E-state index in [1.807, 2.05) is 31.2 Å². The van der Waals surface area contributed by atoms with Crippen LogP contribution in [0.25, 0.3) is 6.08 Å². The average molecular weight is 298 g/mol. The van der Waals surface area contributed by atoms with Crippen molar-refractivity contribution in [3.63, 3.8) is 0 Å². The molecule has 0 aromatic heterocycles. The summed E-state index contributed by atoms with van der Waals surface area (Å²) < 4.78 is 0.974. The van der Waals surface area contributed by atoms with Crippen LogP contribution in [0.2, 0.25) is 0 Å². The molecule has 3 nitrogen and oxygen atoms in total. The van der Waals surface area contributed by atoms with Gasteiger partial charge in [-0.05, 0) is 30.2 Å². The molecule has 0 aliphatic rings. The number of benzene rings is 1. The van der Waals surface area contributed by atoms with Gasteiger partial charge in [0.05, 0.1) is 6.10 Å². The molecular weight excluding hydrogens is 282 g/mol. The Balaban J connectivity index is 2.45. The molecule has 0 radical (unpaired) electrons. The van der Waals surface area contributed by atoms with Crippen molar-refractivity contribution in [3.8, 4) is 0 Å². The third-order valence-corrected chi connectivity index (χ3v) is 2.75. The van der Waals surface area contributed by atoms with E-state index in [1.54, 1.807) is 6.08 Å². The second-order valence-corrected chi connectivity index (χ2v) is 4.61. The van der Waals surface area contributed by atoms with Crippen LogP contribution in [0.5, 0.6) is 0 Å². The lowest BCUT2D eigenvalue weighted by Gasteiger charge is -2.07. The highest BCUT2D eigenvalue weighted by Crippen LogP contribution is 2.12. The molecule has 0 fully saturated rings. The van der Waals surface area contributed by atoms with Crippen LogP contribution in [-0.4, -0.2) is 23.7 Å². The van der Waals surface area contributed by atoms with Gasteiger partial charge < -0.3 is 10.4 Å². The number of rotatable bonds is 5. The standard InChI is InChI=1S/C13H16BrNO2/c1-2-12(16)9-15-13(17)7-6-10-4-3-5-11(14)8-10/h3-8,12,16H,2,9H2,1H3,(H,15,17)/b7-6+. The van der Waals surface area contributed by atoms with Crippen molar-refractivity contribution in [1.29, 1.82) is 0 Å². The van der Waals surface area contributed by atoms with Crippen molar-refractivity contribution >= 4 is 27.9 Å². The molecule has 1 atom stereocenters. The molecule has 92 valence electrons. The first-order chi connectivity index (χ1) is 8.11. The van der Waals surface area contributed by atoms with Crippen molar-refractivity contribution in [2.24, 2.45) is 0 Å². The van der Waals surface area contributed by atoms with Crippen LogP contribution in [0.15, 0.2) is 34.8 Å². The zero-order valence-corrected chi connectivity index (χ0v) is 11.3. The first-order valence-corrected chi connectivity index (χ1v) is 6.30. The molecule has 0 aliphatic carbocycles. The number of amides is 1. The summed E-state index contributed by atoms with van der Waals surface area (Å²) in [5, 5.41) is 11.9. The Labute approximate surface area is 110 Å². The molecular formula is C13H16BrNO2. The van der Waals surface area contributed by atoms with Crippen LogP contribution >= 0.6 is 15.9 Å². The minimum absolute atomic E-state index is 0.197. The van der Waals surface area contributed by atoms with Gasteiger partial charge in [0, 0.05) is 17.1 Å². The molecule has 0 saturated heterocycles. The second kappa shape index (κ2) is 7.25. The molecule has 1 rings (SSSR count). The predicted molar refractivity (Wildman–Crippen MR) is 72.5 cm³/mol. The van der Waals surface area contributed by atoms with Gasteiger partial charge in [-0.2, -0.15) is 0 Å². The lowest BCUT2D eigenvalue weighted by molar-refractivity contribution is -0.116. The highest BCUT2D eigenvalue weighted by atomic mass is 79.9. The quantitative estimate of drug-likeness (QED) is 0.820. The van der Waals surface area contributed by atoms with Crippen LogP contribution in [-0.2, 0) is 4.79 Å². The van der Waals surface area contributed by atoms with Crippen LogP contribution in [0.3, 0.4) is 0 Å². The monoisotopic (exact) mass is 297 g/mol. The summed E-state index contributed by atoms with van der Waals surface area (Å²) in [6.45, 7) is 2.16. The fraction of sp³-hybridized carbons (Fsp3) is 0.308. The lowest BCUT2D eigenvalue weighted by atomic mass is 10.2. The maximum absolute atomic E-state index is 11.4. The summed E-state index contributed by atoms with van der Waals surface area (Å²) in [5.41, 5.74) is 0.950. The topological polar surface area (TPSA) is 49.3 Å². The number of hydrogen-bond acceptors (Lipinski definition) is 2. The molecule has 0 aliphatic heterocycles. The highest BCUT2D eigenvalue weighted by molar-refractivity contribution is 9.10. The number of aliphatic hydroxyl groups excluding tert-OH is 1. The Morgan fingerprint density at radius 1 is 1.59 bits per heavy atom. The summed E-state index contributed by atoms with van der Waals surface area (Å²) >= 11 is 3.36. The van der Waals surface area contributed by atoms with Crippen molar-refractivity contribution < 1.29 is 9.90 Å². The molecule has 0 saturated carbocycles. The van der Waals surface area contributed by atoms with E-state index in [0.29, 0.717) is 6.42 Å². The van der Waals surface area contributed by atoms with E-state index >= 15 is 0 Å². The summed E-state index contributed by atoms with van der Waals surface area (Å²) in [6.07, 6.45) is 3.36. The Morgan fingerprint density at radius 3 is 3.00 bits per heavy atom. The fourth-order valence-electron chi connectivity index (χ4n) is 1.20. The highest BCUT2D eigenvalue weighted by Gasteiger charge is 2.01. The molecule has 0 spiro atoms. The fourth-order valence-corrected chi connectivity index (χ4v) is 1.62. The molecule has 1 unspecified atom stereocenters. The first-order valence-electron chi connectivity index (χ1n) is 5.51. The third-order valence-electron chi connectivity index (χ3n) is 2.26. The Morgan fingerprint density at radius 2 is 2.35 bits per heavy atom. The number of carbonyl (C=O) groups is 1. The minimum Gasteiger partial charge on any atom is -0.391 e. The first kappa shape index (κ1) is 13.9. The van der Waals surface area contributed by atoms with E-state index in [4.69, 9.17) is 0 Å². The van der Waals surface area contributed by atoms with Crippen molar-refractivity contribution in [3.05, 3.63) is 40.4 Å². The smallest absolute Gasteiger partial charge is 0.244 e. The van der Waals surface area contributed by atoms with Crippen molar-refractivity contribution in [2.75, 3.05) is 6.54 Å². The number of carbonyl (C=O) groups excluding carboxylic acids is 1. The van der Waals surface area contributed by atoms with Crippen LogP contribution < -0.4 is 5.32 Å². The van der Waals surface area contributed by atoms with Crippen molar-refractivity contribution in [1.82, 2.24) is 5.32 Å². The Hall–Kier alpha value is -1.13. The van der Waals surface area contributed by atoms with Gasteiger partial charge in [-0.15, -0.1) is 0 Å². The van der Waals surface area contributed by atoms with Gasteiger partial charge in [-0.3, -0.25) is 4.79 Å². The summed E-state index contributed by atoms with van der Waals surface area (Å²) in [4.78, 5) is 11.4. The van der Waals surface area contributed by atoms with E-state index in [-0.39, 0.29) is 12.5 Å². The van der Waals surface area contributed by atoms with Gasteiger partial charge in [0.2, 0.25) is 5.91 Å². The zero-order chi connectivity index (χ0) is 12.7. The SMILES string of the molecule is CCC(O)CNC(=O)/C=C/c1cccc(Br)c1. The number of aliphatic hydroxyl groups is 1. The predicted octanol–water partition coefficient (Wildman–Crippen LogP) is 2.35. The molecule has 4 heteroatoms. The molecule has 1 amide bonds. The van der Waals surface area contributed by atoms with E-state index in [0.717, 1.165) is 10.0 Å². The number of nitrogens with one attached hydrogen (secondary N) is 1. The Bertz CT molecular complexity index is 404. The summed E-state index contributed by atoms with van der Waals surface area (Å²) in [6, 6.07) is 7.66. The van der Waals surface area contributed by atoms with Crippen LogP contribution in [0, 0.1) is 0 Å².